The highest BCUT2D eigenvalue weighted by Crippen LogP contribution is 2.29. The van der Waals surface area contributed by atoms with Gasteiger partial charge in [0.25, 0.3) is 0 Å². The number of hydrogen-bond acceptors (Lipinski definition) is 3. The Morgan fingerprint density at radius 3 is 2.79 bits per heavy atom. The van der Waals surface area contributed by atoms with E-state index in [2.05, 4.69) is 15.0 Å². The summed E-state index contributed by atoms with van der Waals surface area (Å²) in [6.45, 7) is 0. The molecule has 3 rings (SSSR count). The minimum Gasteiger partial charge on any atom is -0.253 e. The fraction of sp³-hybridized carbons (Fsp3) is 0. The maximum atomic E-state index is 14.0. The summed E-state index contributed by atoms with van der Waals surface area (Å²) in [6.07, 6.45) is 2.93. The summed E-state index contributed by atoms with van der Waals surface area (Å²) in [4.78, 5) is 11.8. The fourth-order valence-electron chi connectivity index (χ4n) is 1.83. The molecule has 0 fully saturated rings. The molecule has 0 radical (unpaired) electrons. The highest BCUT2D eigenvalue weighted by molar-refractivity contribution is 6.33. The molecule has 0 saturated carbocycles. The Balaban J connectivity index is 2.28. The van der Waals surface area contributed by atoms with Crippen molar-refractivity contribution in [2.45, 2.75) is 0 Å². The first-order chi connectivity index (χ1) is 9.15. The van der Waals surface area contributed by atoms with Gasteiger partial charge in [-0.05, 0) is 29.8 Å². The molecular weight excluding hydrogens is 288 g/mol. The molecule has 0 bridgehead atoms. The van der Waals surface area contributed by atoms with Crippen molar-refractivity contribution in [3.63, 3.8) is 0 Å². The van der Waals surface area contributed by atoms with E-state index in [1.165, 1.54) is 12.3 Å². The summed E-state index contributed by atoms with van der Waals surface area (Å²) in [5.74, 6) is -0.432. The van der Waals surface area contributed by atoms with E-state index in [1.54, 1.807) is 24.4 Å². The number of fused-ring (bicyclic) bond motifs is 1. The van der Waals surface area contributed by atoms with Crippen LogP contribution in [0.5, 0.6) is 0 Å². The summed E-state index contributed by atoms with van der Waals surface area (Å²) < 4.78 is 14.0. The molecule has 94 valence electrons. The predicted octanol–water partition coefficient (Wildman–Crippen LogP) is 4.14. The highest BCUT2D eigenvalue weighted by atomic mass is 35.5. The van der Waals surface area contributed by atoms with Gasteiger partial charge in [0.1, 0.15) is 11.3 Å². The lowest BCUT2D eigenvalue weighted by atomic mass is 10.1. The molecule has 0 aliphatic carbocycles. The van der Waals surface area contributed by atoms with Gasteiger partial charge in [-0.2, -0.15) is 0 Å². The van der Waals surface area contributed by atoms with E-state index in [4.69, 9.17) is 23.2 Å². The molecule has 2 heterocycles. The first kappa shape index (κ1) is 12.3. The Bertz CT molecular complexity index is 777. The number of halogens is 3. The lowest BCUT2D eigenvalue weighted by molar-refractivity contribution is 0.637. The van der Waals surface area contributed by atoms with Gasteiger partial charge in [0.2, 0.25) is 5.28 Å². The average Bonchev–Trinajstić information content (AvgIpc) is 2.41. The lowest BCUT2D eigenvalue weighted by Gasteiger charge is -2.06. The molecule has 0 unspecified atom stereocenters. The molecule has 0 amide bonds. The van der Waals surface area contributed by atoms with Crippen LogP contribution in [0.1, 0.15) is 0 Å². The number of benzene rings is 1. The normalized spacial score (nSPS) is 10.9. The quantitative estimate of drug-likeness (QED) is 0.633. The van der Waals surface area contributed by atoms with Crippen LogP contribution in [0.2, 0.25) is 10.3 Å². The second-order valence-electron chi connectivity index (χ2n) is 3.87. The second-order valence-corrected chi connectivity index (χ2v) is 4.61. The summed E-state index contributed by atoms with van der Waals surface area (Å²) in [6, 6.07) is 6.60. The molecule has 3 aromatic rings. The van der Waals surface area contributed by atoms with Crippen molar-refractivity contribution in [1.82, 2.24) is 15.0 Å². The summed E-state index contributed by atoms with van der Waals surface area (Å²) in [5.41, 5.74) is 1.24. The van der Waals surface area contributed by atoms with Crippen molar-refractivity contribution in [2.24, 2.45) is 0 Å². The zero-order valence-corrected chi connectivity index (χ0v) is 11.0. The third kappa shape index (κ3) is 2.25. The first-order valence-corrected chi connectivity index (χ1v) is 6.13. The van der Waals surface area contributed by atoms with Crippen LogP contribution in [0, 0.1) is 5.82 Å². The Kier molecular flexibility index (Phi) is 3.05. The number of rotatable bonds is 1. The summed E-state index contributed by atoms with van der Waals surface area (Å²) >= 11 is 11.8. The number of hydrogen-bond donors (Lipinski definition) is 0. The first-order valence-electron chi connectivity index (χ1n) is 5.38. The molecule has 0 saturated heterocycles. The molecule has 0 spiro atoms. The Labute approximate surface area is 118 Å². The van der Waals surface area contributed by atoms with Gasteiger partial charge in [-0.1, -0.05) is 17.7 Å². The van der Waals surface area contributed by atoms with E-state index in [0.717, 1.165) is 0 Å². The standard InChI is InChI=1S/C13H6Cl2FN3/c14-9-6-18-13(15)19-11(9)8-4-7-2-1-3-17-12(7)10(16)5-8/h1-6H. The SMILES string of the molecule is Fc1cc(-c2nc(Cl)ncc2Cl)cc2cccnc12. The third-order valence-corrected chi connectivity index (χ3v) is 3.11. The predicted molar refractivity (Wildman–Crippen MR) is 72.7 cm³/mol. The van der Waals surface area contributed by atoms with E-state index in [0.29, 0.717) is 27.2 Å². The van der Waals surface area contributed by atoms with Gasteiger partial charge in [0.05, 0.1) is 16.9 Å². The number of pyridine rings is 1. The maximum absolute atomic E-state index is 14.0. The molecule has 19 heavy (non-hydrogen) atoms. The zero-order valence-electron chi connectivity index (χ0n) is 9.44. The van der Waals surface area contributed by atoms with Crippen LogP contribution >= 0.6 is 23.2 Å². The second kappa shape index (κ2) is 4.72. The van der Waals surface area contributed by atoms with Crippen molar-refractivity contribution in [3.05, 3.63) is 52.8 Å². The van der Waals surface area contributed by atoms with Gasteiger partial charge in [0.15, 0.2) is 0 Å². The van der Waals surface area contributed by atoms with Crippen molar-refractivity contribution in [1.29, 1.82) is 0 Å². The number of nitrogens with zero attached hydrogens (tertiary/aromatic N) is 3. The molecule has 0 aliphatic heterocycles. The van der Waals surface area contributed by atoms with Crippen molar-refractivity contribution in [3.8, 4) is 11.3 Å². The largest absolute Gasteiger partial charge is 0.253 e. The molecular formula is C13H6Cl2FN3. The van der Waals surface area contributed by atoms with Crippen LogP contribution in [-0.4, -0.2) is 15.0 Å². The van der Waals surface area contributed by atoms with E-state index in [1.807, 2.05) is 0 Å². The summed E-state index contributed by atoms with van der Waals surface area (Å²) in [7, 11) is 0. The van der Waals surface area contributed by atoms with Gasteiger partial charge in [-0.25, -0.2) is 14.4 Å². The van der Waals surface area contributed by atoms with Gasteiger partial charge in [-0.3, -0.25) is 4.98 Å². The lowest BCUT2D eigenvalue weighted by Crippen LogP contribution is -1.91. The average molecular weight is 294 g/mol. The van der Waals surface area contributed by atoms with E-state index < -0.39 is 5.82 Å². The van der Waals surface area contributed by atoms with Crippen LogP contribution in [0.15, 0.2) is 36.7 Å². The van der Waals surface area contributed by atoms with Crippen LogP contribution in [-0.2, 0) is 0 Å². The van der Waals surface area contributed by atoms with E-state index in [9.17, 15) is 4.39 Å². The topological polar surface area (TPSA) is 38.7 Å². The van der Waals surface area contributed by atoms with Gasteiger partial charge in [-0.15, -0.1) is 0 Å². The van der Waals surface area contributed by atoms with Crippen molar-refractivity contribution >= 4 is 34.1 Å². The molecule has 1 aromatic carbocycles. The van der Waals surface area contributed by atoms with Gasteiger partial charge < -0.3 is 0 Å². The third-order valence-electron chi connectivity index (χ3n) is 2.65. The van der Waals surface area contributed by atoms with Crippen molar-refractivity contribution < 1.29 is 4.39 Å². The number of aromatic nitrogens is 3. The minimum atomic E-state index is -0.432. The Morgan fingerprint density at radius 2 is 1.95 bits per heavy atom. The Morgan fingerprint density at radius 1 is 1.11 bits per heavy atom. The monoisotopic (exact) mass is 293 g/mol. The molecule has 2 aromatic heterocycles. The minimum absolute atomic E-state index is 0.0612. The van der Waals surface area contributed by atoms with Crippen LogP contribution < -0.4 is 0 Å². The van der Waals surface area contributed by atoms with Crippen molar-refractivity contribution in [2.75, 3.05) is 0 Å². The maximum Gasteiger partial charge on any atom is 0.222 e. The molecule has 0 aliphatic rings. The smallest absolute Gasteiger partial charge is 0.222 e. The molecule has 3 nitrogen and oxygen atoms in total. The van der Waals surface area contributed by atoms with Crippen LogP contribution in [0.4, 0.5) is 4.39 Å². The highest BCUT2D eigenvalue weighted by Gasteiger charge is 2.11. The van der Waals surface area contributed by atoms with E-state index >= 15 is 0 Å². The summed E-state index contributed by atoms with van der Waals surface area (Å²) in [5, 5.41) is 1.04. The fourth-order valence-corrected chi connectivity index (χ4v) is 2.17. The van der Waals surface area contributed by atoms with Gasteiger partial charge >= 0.3 is 0 Å². The van der Waals surface area contributed by atoms with E-state index in [-0.39, 0.29) is 5.28 Å². The Hall–Kier alpha value is -1.78. The zero-order chi connectivity index (χ0) is 13.4. The molecule has 0 atom stereocenters. The van der Waals surface area contributed by atoms with Crippen LogP contribution in [0.25, 0.3) is 22.2 Å². The van der Waals surface area contributed by atoms with Crippen LogP contribution in [0.3, 0.4) is 0 Å². The molecule has 0 N–H and O–H groups in total. The van der Waals surface area contributed by atoms with Gasteiger partial charge in [0, 0.05) is 17.1 Å². The molecule has 6 heteroatoms.